The molecule has 0 aromatic rings. The minimum atomic E-state index is -0.483. The number of nitrogens with zero attached hydrogens (tertiary/aromatic N) is 1. The molecule has 92 valence electrons. The maximum absolute atomic E-state index is 11.7. The Morgan fingerprint density at radius 2 is 2.44 bits per heavy atom. The molecule has 0 unspecified atom stereocenters. The molecule has 2 heterocycles. The van der Waals surface area contributed by atoms with Crippen molar-refractivity contribution in [1.82, 2.24) is 4.90 Å². The number of hydrogen-bond donors (Lipinski definition) is 1. The predicted octanol–water partition coefficient (Wildman–Crippen LogP) is 0.756. The number of amides is 1. The van der Waals surface area contributed by atoms with Crippen molar-refractivity contribution in [1.29, 1.82) is 0 Å². The fourth-order valence-electron chi connectivity index (χ4n) is 2.57. The van der Waals surface area contributed by atoms with Crippen molar-refractivity contribution < 1.29 is 14.6 Å². The number of aliphatic hydroxyl groups is 1. The predicted molar refractivity (Wildman–Crippen MR) is 60.4 cm³/mol. The quantitative estimate of drug-likeness (QED) is 0.696. The monoisotopic (exact) mass is 247 g/mol. The van der Waals surface area contributed by atoms with E-state index in [9.17, 15) is 9.90 Å². The number of aliphatic hydroxyl groups excluding tert-OH is 1. The van der Waals surface area contributed by atoms with Gasteiger partial charge >= 0.3 is 0 Å². The van der Waals surface area contributed by atoms with E-state index in [1.54, 1.807) is 11.8 Å². The average Bonchev–Trinajstić information content (AvgIpc) is 2.60. The van der Waals surface area contributed by atoms with Crippen LogP contribution in [0.4, 0.5) is 0 Å². The maximum Gasteiger partial charge on any atom is 0.240 e. The van der Waals surface area contributed by atoms with Crippen molar-refractivity contribution in [3.63, 3.8) is 0 Å². The molecule has 2 aliphatic rings. The molecule has 16 heavy (non-hydrogen) atoms. The topological polar surface area (TPSA) is 49.8 Å². The molecule has 0 radical (unpaired) electrons. The van der Waals surface area contributed by atoms with E-state index in [1.165, 1.54) is 0 Å². The molecule has 0 aromatic heterocycles. The number of rotatable bonds is 1. The first-order valence-electron chi connectivity index (χ1n) is 5.77. The lowest BCUT2D eigenvalue weighted by Gasteiger charge is -2.36. The SMILES string of the molecule is C[C@H](Cl)C(=O)N1CC[C@@]2(C[C@@H](O)CCO2)C1. The molecule has 3 atom stereocenters. The Morgan fingerprint density at radius 1 is 1.69 bits per heavy atom. The van der Waals surface area contributed by atoms with Gasteiger partial charge in [-0.15, -0.1) is 11.6 Å². The Kier molecular flexibility index (Phi) is 3.42. The lowest BCUT2D eigenvalue weighted by Crippen LogP contribution is -2.45. The van der Waals surface area contributed by atoms with Gasteiger partial charge in [-0.05, 0) is 19.8 Å². The third kappa shape index (κ3) is 2.34. The van der Waals surface area contributed by atoms with Gasteiger partial charge < -0.3 is 14.7 Å². The van der Waals surface area contributed by atoms with Crippen LogP contribution in [-0.4, -0.2) is 52.7 Å². The van der Waals surface area contributed by atoms with E-state index in [0.29, 0.717) is 32.5 Å². The lowest BCUT2D eigenvalue weighted by molar-refractivity contribution is -0.135. The van der Waals surface area contributed by atoms with Crippen molar-refractivity contribution in [3.8, 4) is 0 Å². The highest BCUT2D eigenvalue weighted by atomic mass is 35.5. The van der Waals surface area contributed by atoms with Crippen LogP contribution in [-0.2, 0) is 9.53 Å². The standard InChI is InChI=1S/C11H18ClNO3/c1-8(12)10(15)13-4-3-11(7-13)6-9(14)2-5-16-11/h8-9,14H,2-7H2,1H3/t8-,9-,11+/m0/s1. The molecule has 2 aliphatic heterocycles. The van der Waals surface area contributed by atoms with Crippen LogP contribution < -0.4 is 0 Å². The lowest BCUT2D eigenvalue weighted by atomic mass is 9.91. The zero-order valence-corrected chi connectivity index (χ0v) is 10.2. The van der Waals surface area contributed by atoms with Gasteiger partial charge in [-0.25, -0.2) is 0 Å². The average molecular weight is 248 g/mol. The van der Waals surface area contributed by atoms with Crippen LogP contribution in [0.3, 0.4) is 0 Å². The molecule has 0 bridgehead atoms. The Labute approximate surface area is 101 Å². The summed E-state index contributed by atoms with van der Waals surface area (Å²) in [7, 11) is 0. The van der Waals surface area contributed by atoms with Crippen molar-refractivity contribution >= 4 is 17.5 Å². The molecular formula is C11H18ClNO3. The number of hydrogen-bond acceptors (Lipinski definition) is 3. The van der Waals surface area contributed by atoms with E-state index in [0.717, 1.165) is 6.42 Å². The first kappa shape index (κ1) is 12.1. The normalized spacial score (nSPS) is 36.7. The molecule has 1 spiro atoms. The molecule has 1 amide bonds. The highest BCUT2D eigenvalue weighted by Gasteiger charge is 2.44. The van der Waals surface area contributed by atoms with Crippen LogP contribution in [0.2, 0.25) is 0 Å². The second-order valence-electron chi connectivity index (χ2n) is 4.80. The summed E-state index contributed by atoms with van der Waals surface area (Å²) in [6.07, 6.45) is 1.84. The van der Waals surface area contributed by atoms with Crippen LogP contribution in [0.25, 0.3) is 0 Å². The highest BCUT2D eigenvalue weighted by molar-refractivity contribution is 6.30. The molecule has 0 aliphatic carbocycles. The van der Waals surface area contributed by atoms with Gasteiger partial charge in [0.15, 0.2) is 0 Å². The van der Waals surface area contributed by atoms with Crippen LogP contribution >= 0.6 is 11.6 Å². The minimum Gasteiger partial charge on any atom is -0.393 e. The van der Waals surface area contributed by atoms with Crippen molar-refractivity contribution in [2.75, 3.05) is 19.7 Å². The maximum atomic E-state index is 11.7. The summed E-state index contributed by atoms with van der Waals surface area (Å²) < 4.78 is 5.76. The van der Waals surface area contributed by atoms with Crippen LogP contribution in [0.5, 0.6) is 0 Å². The van der Waals surface area contributed by atoms with Gasteiger partial charge in [0.05, 0.1) is 11.7 Å². The van der Waals surface area contributed by atoms with E-state index >= 15 is 0 Å². The summed E-state index contributed by atoms with van der Waals surface area (Å²) in [6, 6.07) is 0. The summed E-state index contributed by atoms with van der Waals surface area (Å²) in [6.45, 7) is 3.52. The van der Waals surface area contributed by atoms with Gasteiger partial charge in [0.2, 0.25) is 5.91 Å². The van der Waals surface area contributed by atoms with Crippen LogP contribution in [0, 0.1) is 0 Å². The van der Waals surface area contributed by atoms with Gasteiger partial charge in [0.25, 0.3) is 0 Å². The van der Waals surface area contributed by atoms with E-state index in [4.69, 9.17) is 16.3 Å². The molecule has 4 nitrogen and oxygen atoms in total. The summed E-state index contributed by atoms with van der Waals surface area (Å²) in [4.78, 5) is 13.5. The third-order valence-corrected chi connectivity index (χ3v) is 3.62. The van der Waals surface area contributed by atoms with Gasteiger partial charge in [-0.3, -0.25) is 4.79 Å². The zero-order valence-electron chi connectivity index (χ0n) is 9.49. The molecule has 1 N–H and O–H groups in total. The molecule has 0 saturated carbocycles. The summed E-state index contributed by atoms with van der Waals surface area (Å²) >= 11 is 5.78. The van der Waals surface area contributed by atoms with Crippen molar-refractivity contribution in [2.45, 2.75) is 43.3 Å². The van der Waals surface area contributed by atoms with Gasteiger partial charge in [0.1, 0.15) is 5.38 Å². The van der Waals surface area contributed by atoms with E-state index in [1.807, 2.05) is 0 Å². The number of carbonyl (C=O) groups is 1. The number of halogens is 1. The summed E-state index contributed by atoms with van der Waals surface area (Å²) in [5.74, 6) is -0.0396. The first-order valence-corrected chi connectivity index (χ1v) is 6.21. The second-order valence-corrected chi connectivity index (χ2v) is 5.46. The highest BCUT2D eigenvalue weighted by Crippen LogP contribution is 2.34. The van der Waals surface area contributed by atoms with Gasteiger partial charge in [-0.2, -0.15) is 0 Å². The van der Waals surface area contributed by atoms with E-state index in [-0.39, 0.29) is 17.6 Å². The van der Waals surface area contributed by atoms with Crippen molar-refractivity contribution in [3.05, 3.63) is 0 Å². The third-order valence-electron chi connectivity index (χ3n) is 3.44. The van der Waals surface area contributed by atoms with Crippen LogP contribution in [0.15, 0.2) is 0 Å². The minimum absolute atomic E-state index is 0.0396. The molecule has 5 heteroatoms. The Morgan fingerprint density at radius 3 is 3.06 bits per heavy atom. The molecule has 2 fully saturated rings. The van der Waals surface area contributed by atoms with Gasteiger partial charge in [0, 0.05) is 26.1 Å². The first-order chi connectivity index (χ1) is 7.52. The molecule has 2 saturated heterocycles. The smallest absolute Gasteiger partial charge is 0.240 e. The fraction of sp³-hybridized carbons (Fsp3) is 0.909. The Bertz CT molecular complexity index is 284. The van der Waals surface area contributed by atoms with E-state index in [2.05, 4.69) is 0 Å². The molecule has 0 aromatic carbocycles. The number of alkyl halides is 1. The number of likely N-dealkylation sites (tertiary alicyclic amines) is 1. The summed E-state index contributed by atoms with van der Waals surface area (Å²) in [5.41, 5.74) is -0.320. The second kappa shape index (κ2) is 4.51. The zero-order chi connectivity index (χ0) is 11.8. The number of carbonyl (C=O) groups excluding carboxylic acids is 1. The fourth-order valence-corrected chi connectivity index (χ4v) is 2.71. The molecule has 2 rings (SSSR count). The Balaban J connectivity index is 1.98. The number of ether oxygens (including phenoxy) is 1. The van der Waals surface area contributed by atoms with Gasteiger partial charge in [-0.1, -0.05) is 0 Å². The molecular weight excluding hydrogens is 230 g/mol. The van der Waals surface area contributed by atoms with Crippen molar-refractivity contribution in [2.24, 2.45) is 0 Å². The Hall–Kier alpha value is -0.320. The largest absolute Gasteiger partial charge is 0.393 e. The van der Waals surface area contributed by atoms with Crippen LogP contribution in [0.1, 0.15) is 26.2 Å². The summed E-state index contributed by atoms with van der Waals surface area (Å²) in [5, 5.41) is 9.18. The van der Waals surface area contributed by atoms with E-state index < -0.39 is 5.38 Å².